The summed E-state index contributed by atoms with van der Waals surface area (Å²) in [5.74, 6) is 0.588. The lowest BCUT2D eigenvalue weighted by Crippen LogP contribution is -2.04. The van der Waals surface area contributed by atoms with Gasteiger partial charge >= 0.3 is 0 Å². The molecule has 2 rings (SSSR count). The third-order valence-corrected chi connectivity index (χ3v) is 3.27. The number of hydrogen-bond acceptors (Lipinski definition) is 6. The highest BCUT2D eigenvalue weighted by Crippen LogP contribution is 2.25. The fraction of sp³-hybridized carbons (Fsp3) is 0.455. The molecular weight excluding hydrogens is 250 g/mol. The first-order valence-electron chi connectivity index (χ1n) is 5.74. The maximum Gasteiger partial charge on any atom is 0.197 e. The fourth-order valence-electron chi connectivity index (χ4n) is 1.54. The molecule has 0 aliphatic heterocycles. The Kier molecular flexibility index (Phi) is 4.27. The van der Waals surface area contributed by atoms with Crippen molar-refractivity contribution >= 4 is 11.8 Å². The number of aryl methyl sites for hydroxylation is 1. The minimum Gasteiger partial charge on any atom is -0.388 e. The zero-order valence-electron chi connectivity index (χ0n) is 10.4. The van der Waals surface area contributed by atoms with E-state index in [-0.39, 0.29) is 6.61 Å². The van der Waals surface area contributed by atoms with E-state index in [0.717, 1.165) is 28.8 Å². The van der Waals surface area contributed by atoms with Gasteiger partial charge in [0.05, 0.1) is 0 Å². The van der Waals surface area contributed by atoms with Crippen LogP contribution in [-0.4, -0.2) is 29.8 Å². The monoisotopic (exact) mass is 265 g/mol. The predicted molar refractivity (Wildman–Crippen MR) is 67.1 cm³/mol. The predicted octanol–water partition coefficient (Wildman–Crippen LogP) is 1.43. The summed E-state index contributed by atoms with van der Waals surface area (Å²) < 4.78 is 1.92. The van der Waals surface area contributed by atoms with E-state index in [1.165, 1.54) is 18.1 Å². The van der Waals surface area contributed by atoms with E-state index in [4.69, 9.17) is 0 Å². The molecule has 7 heteroatoms. The minimum atomic E-state index is -0.101. The molecule has 0 saturated heterocycles. The van der Waals surface area contributed by atoms with Gasteiger partial charge in [-0.05, 0) is 31.2 Å². The second-order valence-electron chi connectivity index (χ2n) is 3.81. The highest BCUT2D eigenvalue weighted by atomic mass is 32.2. The second-order valence-corrected chi connectivity index (χ2v) is 4.80. The Morgan fingerprint density at radius 3 is 2.83 bits per heavy atom. The number of aliphatic hydroxyl groups excluding tert-OH is 1. The van der Waals surface area contributed by atoms with E-state index >= 15 is 0 Å². The first-order chi connectivity index (χ1) is 8.74. The summed E-state index contributed by atoms with van der Waals surface area (Å²) in [5, 5.41) is 18.8. The third kappa shape index (κ3) is 2.85. The fourth-order valence-corrected chi connectivity index (χ4v) is 2.44. The summed E-state index contributed by atoms with van der Waals surface area (Å²) in [7, 11) is 0. The van der Waals surface area contributed by atoms with Gasteiger partial charge in [-0.1, -0.05) is 6.92 Å². The number of aromatic nitrogens is 5. The maximum atomic E-state index is 9.21. The summed E-state index contributed by atoms with van der Waals surface area (Å²) in [5.41, 5.74) is 0.913. The minimum absolute atomic E-state index is 0.101. The molecule has 0 radical (unpaired) electrons. The standard InChI is InChI=1S/C11H15N5OS/c1-3-4-16-9(6-17)14-15-11(16)18-10-5-8(2)12-7-13-10/h5,7,17H,3-4,6H2,1-2H3. The van der Waals surface area contributed by atoms with E-state index < -0.39 is 0 Å². The van der Waals surface area contributed by atoms with Crippen molar-refractivity contribution in [1.29, 1.82) is 0 Å². The lowest BCUT2D eigenvalue weighted by Gasteiger charge is -2.06. The van der Waals surface area contributed by atoms with Crippen LogP contribution in [0, 0.1) is 6.92 Å². The van der Waals surface area contributed by atoms with Crippen LogP contribution in [0.2, 0.25) is 0 Å². The molecule has 6 nitrogen and oxygen atoms in total. The van der Waals surface area contributed by atoms with Gasteiger partial charge in [0.15, 0.2) is 11.0 Å². The summed E-state index contributed by atoms with van der Waals surface area (Å²) in [6, 6.07) is 1.90. The molecule has 96 valence electrons. The van der Waals surface area contributed by atoms with Crippen molar-refractivity contribution in [2.24, 2.45) is 0 Å². The Morgan fingerprint density at radius 2 is 2.17 bits per heavy atom. The van der Waals surface area contributed by atoms with Gasteiger partial charge in [0, 0.05) is 12.2 Å². The molecule has 0 bridgehead atoms. The van der Waals surface area contributed by atoms with Crippen molar-refractivity contribution in [3.63, 3.8) is 0 Å². The van der Waals surface area contributed by atoms with Crippen molar-refractivity contribution in [2.75, 3.05) is 0 Å². The van der Waals surface area contributed by atoms with Crippen LogP contribution in [-0.2, 0) is 13.2 Å². The molecule has 0 unspecified atom stereocenters. The van der Waals surface area contributed by atoms with Crippen LogP contribution < -0.4 is 0 Å². The van der Waals surface area contributed by atoms with Gasteiger partial charge < -0.3 is 9.67 Å². The molecule has 0 atom stereocenters. The van der Waals surface area contributed by atoms with Crippen molar-refractivity contribution < 1.29 is 5.11 Å². The first-order valence-corrected chi connectivity index (χ1v) is 6.55. The molecule has 2 heterocycles. The molecule has 0 spiro atoms. The largest absolute Gasteiger partial charge is 0.388 e. The van der Waals surface area contributed by atoms with Crippen molar-refractivity contribution in [3.8, 4) is 0 Å². The van der Waals surface area contributed by atoms with Crippen molar-refractivity contribution in [2.45, 2.75) is 43.6 Å². The van der Waals surface area contributed by atoms with Crippen LogP contribution in [0.5, 0.6) is 0 Å². The zero-order chi connectivity index (χ0) is 13.0. The second kappa shape index (κ2) is 5.92. The molecule has 0 saturated carbocycles. The molecule has 0 aliphatic rings. The van der Waals surface area contributed by atoms with E-state index in [1.807, 2.05) is 17.6 Å². The number of aliphatic hydroxyl groups is 1. The highest BCUT2D eigenvalue weighted by molar-refractivity contribution is 7.99. The van der Waals surface area contributed by atoms with Gasteiger partial charge in [-0.2, -0.15) is 0 Å². The number of hydrogen-bond donors (Lipinski definition) is 1. The van der Waals surface area contributed by atoms with E-state index in [9.17, 15) is 5.11 Å². The molecule has 0 aliphatic carbocycles. The SMILES string of the molecule is CCCn1c(CO)nnc1Sc1cc(C)ncn1. The summed E-state index contributed by atoms with van der Waals surface area (Å²) in [6.45, 7) is 4.68. The van der Waals surface area contributed by atoms with Crippen LogP contribution in [0.1, 0.15) is 24.9 Å². The van der Waals surface area contributed by atoms with Crippen LogP contribution in [0.25, 0.3) is 0 Å². The third-order valence-electron chi connectivity index (χ3n) is 2.36. The topological polar surface area (TPSA) is 76.7 Å². The average molecular weight is 265 g/mol. The van der Waals surface area contributed by atoms with Crippen LogP contribution in [0.3, 0.4) is 0 Å². The van der Waals surface area contributed by atoms with E-state index in [1.54, 1.807) is 0 Å². The Hall–Kier alpha value is -1.47. The van der Waals surface area contributed by atoms with Gasteiger partial charge in [0.2, 0.25) is 0 Å². The average Bonchev–Trinajstić information content (AvgIpc) is 2.72. The highest BCUT2D eigenvalue weighted by Gasteiger charge is 2.12. The van der Waals surface area contributed by atoms with Crippen molar-refractivity contribution in [1.82, 2.24) is 24.7 Å². The quantitative estimate of drug-likeness (QED) is 0.824. The number of rotatable bonds is 5. The summed E-state index contributed by atoms with van der Waals surface area (Å²) in [4.78, 5) is 8.23. The van der Waals surface area contributed by atoms with E-state index in [2.05, 4.69) is 27.1 Å². The van der Waals surface area contributed by atoms with Gasteiger partial charge in [0.1, 0.15) is 18.0 Å². The smallest absolute Gasteiger partial charge is 0.197 e. The van der Waals surface area contributed by atoms with Crippen LogP contribution in [0.15, 0.2) is 22.6 Å². The van der Waals surface area contributed by atoms with Crippen LogP contribution in [0.4, 0.5) is 0 Å². The summed E-state index contributed by atoms with van der Waals surface area (Å²) >= 11 is 1.43. The first kappa shape index (κ1) is 13.0. The molecule has 18 heavy (non-hydrogen) atoms. The molecule has 1 N–H and O–H groups in total. The van der Waals surface area contributed by atoms with Crippen molar-refractivity contribution in [3.05, 3.63) is 23.9 Å². The maximum absolute atomic E-state index is 9.21. The molecule has 2 aromatic rings. The lowest BCUT2D eigenvalue weighted by atomic mass is 10.4. The van der Waals surface area contributed by atoms with Gasteiger partial charge in [0.25, 0.3) is 0 Å². The Balaban J connectivity index is 2.25. The Morgan fingerprint density at radius 1 is 1.33 bits per heavy atom. The molecule has 0 amide bonds. The summed E-state index contributed by atoms with van der Waals surface area (Å²) in [6.07, 6.45) is 2.49. The van der Waals surface area contributed by atoms with E-state index in [0.29, 0.717) is 5.82 Å². The van der Waals surface area contributed by atoms with Gasteiger partial charge in [-0.3, -0.25) is 0 Å². The molecular formula is C11H15N5OS. The normalized spacial score (nSPS) is 10.8. The van der Waals surface area contributed by atoms with Gasteiger partial charge in [-0.25, -0.2) is 9.97 Å². The Labute approximate surface area is 109 Å². The Bertz CT molecular complexity index is 528. The lowest BCUT2D eigenvalue weighted by molar-refractivity contribution is 0.263. The zero-order valence-corrected chi connectivity index (χ0v) is 11.2. The van der Waals surface area contributed by atoms with Gasteiger partial charge in [-0.15, -0.1) is 10.2 Å². The number of nitrogens with zero attached hydrogens (tertiary/aromatic N) is 5. The molecule has 0 aromatic carbocycles. The molecule has 0 fully saturated rings. The molecule has 2 aromatic heterocycles. The van der Waals surface area contributed by atoms with Crippen LogP contribution >= 0.6 is 11.8 Å².